The van der Waals surface area contributed by atoms with Gasteiger partial charge in [0, 0.05) is 12.1 Å². The number of hydrogen-bond acceptors (Lipinski definition) is 4. The van der Waals surface area contributed by atoms with Gasteiger partial charge in [-0.1, -0.05) is 0 Å². The Balaban J connectivity index is 3.06. The van der Waals surface area contributed by atoms with Crippen molar-refractivity contribution >= 4 is 5.69 Å². The van der Waals surface area contributed by atoms with Crippen LogP contribution in [0, 0.1) is 15.3 Å². The predicted molar refractivity (Wildman–Crippen MR) is 53.9 cm³/mol. The normalized spacial score (nSPS) is 11.4. The van der Waals surface area contributed by atoms with E-state index >= 15 is 0 Å². The highest BCUT2D eigenvalue weighted by molar-refractivity contribution is 5.42. The summed E-state index contributed by atoms with van der Waals surface area (Å²) in [5, 5.41) is 31.2. The first-order valence-corrected chi connectivity index (χ1v) is 4.30. The third-order valence-electron chi connectivity index (χ3n) is 1.83. The second-order valence-corrected chi connectivity index (χ2v) is 3.80. The molecule has 1 rings (SSSR count). The second-order valence-electron chi connectivity index (χ2n) is 3.80. The number of nitrogens with zero attached hydrogens (tertiary/aromatic N) is 2. The van der Waals surface area contributed by atoms with E-state index in [1.165, 1.54) is 32.3 Å². The van der Waals surface area contributed by atoms with Gasteiger partial charge in [-0.05, 0) is 6.07 Å². The quantitative estimate of drug-likeness (QED) is 0.465. The number of phenolic OH excluding ortho intramolecular Hbond substituents is 1. The van der Waals surface area contributed by atoms with Crippen molar-refractivity contribution in [2.24, 2.45) is 0 Å². The molecule has 0 radical (unpaired) electrons. The molecule has 1 aromatic carbocycles. The summed E-state index contributed by atoms with van der Waals surface area (Å²) < 4.78 is -0.644. The van der Waals surface area contributed by atoms with E-state index in [2.05, 4.69) is 0 Å². The Kier molecular flexibility index (Phi) is 2.92. The van der Waals surface area contributed by atoms with Gasteiger partial charge in [-0.3, -0.25) is 10.1 Å². The van der Waals surface area contributed by atoms with Crippen molar-refractivity contribution in [3.05, 3.63) is 39.1 Å². The van der Waals surface area contributed by atoms with E-state index in [1.807, 2.05) is 0 Å². The molecule has 0 bridgehead atoms. The number of aromatic hydroxyl groups is 1. The molecule has 0 heterocycles. The van der Waals surface area contributed by atoms with Gasteiger partial charge in [-0.2, -0.15) is 0 Å². The number of nitro benzene ring substituents is 1. The first kappa shape index (κ1) is 11.4. The molecule has 0 saturated heterocycles. The van der Waals surface area contributed by atoms with Crippen LogP contribution >= 0.6 is 0 Å². The number of hydroxylamine groups is 3. The summed E-state index contributed by atoms with van der Waals surface area (Å²) in [6, 6.07) is 3.64. The number of hydrogen-bond donors (Lipinski definition) is 1. The van der Waals surface area contributed by atoms with Gasteiger partial charge in [0.2, 0.25) is 0 Å². The summed E-state index contributed by atoms with van der Waals surface area (Å²) in [6.45, 7) is -0.00644. The fraction of sp³-hybridized carbons (Fsp3) is 0.333. The van der Waals surface area contributed by atoms with Crippen molar-refractivity contribution in [3.8, 4) is 5.75 Å². The maximum Gasteiger partial charge on any atom is 0.270 e. The van der Waals surface area contributed by atoms with Crippen LogP contribution in [0.1, 0.15) is 5.56 Å². The molecule has 0 aliphatic rings. The lowest BCUT2D eigenvalue weighted by Crippen LogP contribution is -2.31. The Labute approximate surface area is 86.7 Å². The lowest BCUT2D eigenvalue weighted by molar-refractivity contribution is -0.853. The van der Waals surface area contributed by atoms with E-state index in [1.54, 1.807) is 0 Å². The molecular weight excluding hydrogens is 200 g/mol. The van der Waals surface area contributed by atoms with Gasteiger partial charge in [0.25, 0.3) is 5.69 Å². The molecule has 0 unspecified atom stereocenters. The van der Waals surface area contributed by atoms with Crippen LogP contribution in [-0.4, -0.2) is 28.8 Å². The lowest BCUT2D eigenvalue weighted by Gasteiger charge is -2.33. The smallest absolute Gasteiger partial charge is 0.270 e. The Morgan fingerprint density at radius 3 is 2.53 bits per heavy atom. The molecule has 0 fully saturated rings. The van der Waals surface area contributed by atoms with Crippen LogP contribution in [-0.2, 0) is 6.54 Å². The largest absolute Gasteiger partial charge is 0.633 e. The van der Waals surface area contributed by atoms with Crippen molar-refractivity contribution < 1.29 is 14.7 Å². The van der Waals surface area contributed by atoms with Gasteiger partial charge >= 0.3 is 0 Å². The summed E-state index contributed by atoms with van der Waals surface area (Å²) >= 11 is 0. The summed E-state index contributed by atoms with van der Waals surface area (Å²) in [5.41, 5.74) is 0.153. The average molecular weight is 212 g/mol. The average Bonchev–Trinajstić information content (AvgIpc) is 2.06. The van der Waals surface area contributed by atoms with Gasteiger partial charge in [-0.15, -0.1) is 0 Å². The third-order valence-corrected chi connectivity index (χ3v) is 1.83. The molecule has 0 aromatic heterocycles. The van der Waals surface area contributed by atoms with Crippen molar-refractivity contribution in [1.29, 1.82) is 0 Å². The zero-order chi connectivity index (χ0) is 11.6. The minimum absolute atomic E-state index is 0.00644. The molecule has 6 heteroatoms. The molecule has 82 valence electrons. The number of rotatable bonds is 3. The Hall–Kier alpha value is -1.66. The third kappa shape index (κ3) is 3.19. The van der Waals surface area contributed by atoms with Crippen LogP contribution in [0.4, 0.5) is 5.69 Å². The highest BCUT2D eigenvalue weighted by Gasteiger charge is 2.14. The first-order valence-electron chi connectivity index (χ1n) is 4.30. The Morgan fingerprint density at radius 2 is 2.07 bits per heavy atom. The molecule has 0 aliphatic carbocycles. The monoisotopic (exact) mass is 212 g/mol. The highest BCUT2D eigenvalue weighted by atomic mass is 16.6. The number of quaternary nitrogens is 1. The minimum Gasteiger partial charge on any atom is -0.633 e. The topological polar surface area (TPSA) is 86.4 Å². The molecule has 1 aromatic rings. The van der Waals surface area contributed by atoms with E-state index in [0.717, 1.165) is 0 Å². The first-order chi connectivity index (χ1) is 6.79. The molecule has 1 N–H and O–H groups in total. The number of phenols is 1. The fourth-order valence-electron chi connectivity index (χ4n) is 1.22. The van der Waals surface area contributed by atoms with Crippen LogP contribution < -0.4 is 0 Å². The van der Waals surface area contributed by atoms with Crippen LogP contribution in [0.3, 0.4) is 0 Å². The fourth-order valence-corrected chi connectivity index (χ4v) is 1.22. The molecule has 0 spiro atoms. The standard InChI is InChI=1S/C9H12N2O4/c1-11(2,15)6-7-5-8(10(13)14)3-4-9(7)12/h3-5,12H,6H2,1-2H3. The molecule has 6 nitrogen and oxygen atoms in total. The summed E-state index contributed by atoms with van der Waals surface area (Å²) in [7, 11) is 2.80. The van der Waals surface area contributed by atoms with E-state index in [4.69, 9.17) is 0 Å². The van der Waals surface area contributed by atoms with Crippen molar-refractivity contribution in [1.82, 2.24) is 0 Å². The van der Waals surface area contributed by atoms with Gasteiger partial charge < -0.3 is 15.0 Å². The van der Waals surface area contributed by atoms with Crippen LogP contribution in [0.5, 0.6) is 5.75 Å². The molecule has 0 amide bonds. The number of non-ortho nitro benzene ring substituents is 1. The highest BCUT2D eigenvalue weighted by Crippen LogP contribution is 2.24. The minimum atomic E-state index is -0.644. The lowest BCUT2D eigenvalue weighted by atomic mass is 10.1. The second kappa shape index (κ2) is 3.84. The van der Waals surface area contributed by atoms with Crippen LogP contribution in [0.15, 0.2) is 18.2 Å². The Bertz CT molecular complexity index is 384. The molecule has 0 saturated carbocycles. The summed E-state index contributed by atoms with van der Waals surface area (Å²) in [5.74, 6) is -0.0948. The van der Waals surface area contributed by atoms with Crippen molar-refractivity contribution in [2.45, 2.75) is 6.54 Å². The van der Waals surface area contributed by atoms with E-state index in [-0.39, 0.29) is 23.5 Å². The SMILES string of the molecule is C[N+](C)([O-])Cc1cc([N+](=O)[O-])ccc1O. The predicted octanol–water partition coefficient (Wildman–Crippen LogP) is 1.37. The zero-order valence-electron chi connectivity index (χ0n) is 8.51. The molecular formula is C9H12N2O4. The molecule has 0 atom stereocenters. The maximum absolute atomic E-state index is 11.4. The van der Waals surface area contributed by atoms with E-state index < -0.39 is 9.57 Å². The maximum atomic E-state index is 11.4. The van der Waals surface area contributed by atoms with Crippen molar-refractivity contribution in [2.75, 3.05) is 14.1 Å². The van der Waals surface area contributed by atoms with Gasteiger partial charge in [0.1, 0.15) is 12.3 Å². The van der Waals surface area contributed by atoms with E-state index in [9.17, 15) is 20.4 Å². The zero-order valence-corrected chi connectivity index (χ0v) is 8.51. The number of benzene rings is 1. The number of nitro groups is 1. The van der Waals surface area contributed by atoms with Crippen molar-refractivity contribution in [3.63, 3.8) is 0 Å². The van der Waals surface area contributed by atoms with Gasteiger partial charge in [-0.25, -0.2) is 0 Å². The van der Waals surface area contributed by atoms with Crippen LogP contribution in [0.25, 0.3) is 0 Å². The van der Waals surface area contributed by atoms with Gasteiger partial charge in [0.05, 0.1) is 24.6 Å². The Morgan fingerprint density at radius 1 is 1.47 bits per heavy atom. The van der Waals surface area contributed by atoms with E-state index in [0.29, 0.717) is 0 Å². The molecule has 15 heavy (non-hydrogen) atoms. The summed E-state index contributed by atoms with van der Waals surface area (Å²) in [6.07, 6.45) is 0. The summed E-state index contributed by atoms with van der Waals surface area (Å²) in [4.78, 5) is 9.91. The van der Waals surface area contributed by atoms with Gasteiger partial charge in [0.15, 0.2) is 0 Å². The molecule has 0 aliphatic heterocycles. The van der Waals surface area contributed by atoms with Crippen LogP contribution in [0.2, 0.25) is 0 Å².